The quantitative estimate of drug-likeness (QED) is 0.844. The van der Waals surface area contributed by atoms with Gasteiger partial charge in [0.05, 0.1) is 4.88 Å². The molecule has 0 bridgehead atoms. The summed E-state index contributed by atoms with van der Waals surface area (Å²) in [5, 5.41) is 0. The maximum atomic E-state index is 12.1. The van der Waals surface area contributed by atoms with Crippen LogP contribution in [0.1, 0.15) is 32.4 Å². The zero-order chi connectivity index (χ0) is 16.4. The largest absolute Gasteiger partial charge is 0.344 e. The lowest BCUT2D eigenvalue weighted by molar-refractivity contribution is 0.0832. The summed E-state index contributed by atoms with van der Waals surface area (Å²) in [4.78, 5) is 22.8. The number of rotatable bonds is 5. The number of carbonyl (C=O) groups excluding carboxylic acids is 1. The van der Waals surface area contributed by atoms with Crippen LogP contribution in [0.3, 0.4) is 0 Å². The van der Waals surface area contributed by atoms with Gasteiger partial charge in [0.1, 0.15) is 5.82 Å². The van der Waals surface area contributed by atoms with E-state index in [-0.39, 0.29) is 5.91 Å². The number of nitrogens with zero attached hydrogens (tertiary/aromatic N) is 4. The molecular formula is C17H24N4OS. The number of thiophene rings is 1. The molecule has 0 N–H and O–H groups in total. The zero-order valence-electron chi connectivity index (χ0n) is 14.1. The molecule has 1 amide bonds. The Labute approximate surface area is 141 Å². The van der Waals surface area contributed by atoms with Gasteiger partial charge in [0, 0.05) is 57.5 Å². The van der Waals surface area contributed by atoms with Gasteiger partial charge in [-0.3, -0.25) is 9.69 Å². The highest BCUT2D eigenvalue weighted by Crippen LogP contribution is 2.28. The summed E-state index contributed by atoms with van der Waals surface area (Å²) in [5.74, 6) is 1.20. The number of imidazole rings is 1. The molecule has 0 atom stereocenters. The summed E-state index contributed by atoms with van der Waals surface area (Å²) in [6.45, 7) is 6.20. The summed E-state index contributed by atoms with van der Waals surface area (Å²) >= 11 is 1.67. The van der Waals surface area contributed by atoms with E-state index in [2.05, 4.69) is 20.5 Å². The molecule has 3 heterocycles. The van der Waals surface area contributed by atoms with Crippen LogP contribution in [0.5, 0.6) is 0 Å². The fourth-order valence-corrected chi connectivity index (χ4v) is 4.20. The SMILES string of the molecule is Cc1nccn1CCCN1CCc2sc(C(=O)N(C)C)cc2C1. The lowest BCUT2D eigenvalue weighted by Crippen LogP contribution is -2.31. The summed E-state index contributed by atoms with van der Waals surface area (Å²) < 4.78 is 2.20. The van der Waals surface area contributed by atoms with Crippen LogP contribution in [-0.4, -0.2) is 52.4 Å². The molecule has 0 unspecified atom stereocenters. The van der Waals surface area contributed by atoms with Crippen molar-refractivity contribution in [2.75, 3.05) is 27.2 Å². The topological polar surface area (TPSA) is 41.4 Å². The minimum absolute atomic E-state index is 0.117. The van der Waals surface area contributed by atoms with Gasteiger partial charge in [0.25, 0.3) is 5.91 Å². The molecule has 6 heteroatoms. The van der Waals surface area contributed by atoms with Crippen molar-refractivity contribution in [3.63, 3.8) is 0 Å². The molecule has 2 aromatic heterocycles. The molecule has 23 heavy (non-hydrogen) atoms. The van der Waals surface area contributed by atoms with Crippen LogP contribution < -0.4 is 0 Å². The molecule has 5 nitrogen and oxygen atoms in total. The van der Waals surface area contributed by atoms with E-state index < -0.39 is 0 Å². The smallest absolute Gasteiger partial charge is 0.263 e. The van der Waals surface area contributed by atoms with Gasteiger partial charge >= 0.3 is 0 Å². The van der Waals surface area contributed by atoms with Gasteiger partial charge in [0.15, 0.2) is 0 Å². The number of aromatic nitrogens is 2. The lowest BCUT2D eigenvalue weighted by atomic mass is 10.1. The first-order valence-corrected chi connectivity index (χ1v) is 8.89. The third-order valence-corrected chi connectivity index (χ3v) is 5.58. The number of aryl methyl sites for hydroxylation is 2. The fourth-order valence-electron chi connectivity index (χ4n) is 3.01. The Morgan fingerprint density at radius 1 is 1.39 bits per heavy atom. The first kappa shape index (κ1) is 16.2. The van der Waals surface area contributed by atoms with E-state index in [9.17, 15) is 4.79 Å². The Balaban J connectivity index is 1.55. The number of amides is 1. The number of hydrogen-bond donors (Lipinski definition) is 0. The summed E-state index contributed by atoms with van der Waals surface area (Å²) in [6.07, 6.45) is 6.09. The highest BCUT2D eigenvalue weighted by atomic mass is 32.1. The van der Waals surface area contributed by atoms with Crippen molar-refractivity contribution in [1.82, 2.24) is 19.4 Å². The van der Waals surface area contributed by atoms with Gasteiger partial charge < -0.3 is 9.47 Å². The van der Waals surface area contributed by atoms with E-state index in [0.29, 0.717) is 0 Å². The van der Waals surface area contributed by atoms with E-state index in [4.69, 9.17) is 0 Å². The fraction of sp³-hybridized carbons (Fsp3) is 0.529. The number of carbonyl (C=O) groups is 1. The Morgan fingerprint density at radius 3 is 2.91 bits per heavy atom. The Hall–Kier alpha value is -1.66. The molecule has 0 spiro atoms. The molecule has 0 saturated heterocycles. The van der Waals surface area contributed by atoms with Crippen LogP contribution in [0, 0.1) is 6.92 Å². The van der Waals surface area contributed by atoms with Crippen molar-refractivity contribution in [3.05, 3.63) is 39.6 Å². The average Bonchev–Trinajstić information content (AvgIpc) is 3.12. The van der Waals surface area contributed by atoms with Crippen molar-refractivity contribution in [3.8, 4) is 0 Å². The van der Waals surface area contributed by atoms with Crippen molar-refractivity contribution in [2.45, 2.75) is 32.9 Å². The van der Waals surface area contributed by atoms with Crippen LogP contribution in [0.2, 0.25) is 0 Å². The molecule has 1 aliphatic heterocycles. The normalized spacial score (nSPS) is 14.7. The maximum Gasteiger partial charge on any atom is 0.263 e. The van der Waals surface area contributed by atoms with E-state index in [1.807, 2.05) is 33.4 Å². The minimum atomic E-state index is 0.117. The standard InChI is InChI=1S/C17H24N4OS/c1-13-18-6-10-21(13)8-4-7-20-9-5-15-14(12-20)11-16(23-15)17(22)19(2)3/h6,10-11H,4-5,7-9,12H2,1-3H3. The first-order valence-electron chi connectivity index (χ1n) is 8.08. The number of fused-ring (bicyclic) bond motifs is 1. The third kappa shape index (κ3) is 3.64. The van der Waals surface area contributed by atoms with Gasteiger partial charge in [-0.25, -0.2) is 4.98 Å². The van der Waals surface area contributed by atoms with Gasteiger partial charge in [-0.15, -0.1) is 11.3 Å². The molecule has 3 rings (SSSR count). The van der Waals surface area contributed by atoms with Crippen LogP contribution in [0.25, 0.3) is 0 Å². The second-order valence-corrected chi connectivity index (χ2v) is 7.44. The second-order valence-electron chi connectivity index (χ2n) is 6.31. The predicted octanol–water partition coefficient (Wildman–Crippen LogP) is 2.40. The molecule has 0 fully saturated rings. The van der Waals surface area contributed by atoms with E-state index in [1.54, 1.807) is 16.2 Å². The van der Waals surface area contributed by atoms with Gasteiger partial charge in [-0.1, -0.05) is 0 Å². The van der Waals surface area contributed by atoms with Crippen LogP contribution >= 0.6 is 11.3 Å². The molecule has 0 aromatic carbocycles. The molecule has 2 aromatic rings. The third-order valence-electron chi connectivity index (χ3n) is 4.36. The predicted molar refractivity (Wildman–Crippen MR) is 92.9 cm³/mol. The molecule has 0 saturated carbocycles. The van der Waals surface area contributed by atoms with E-state index >= 15 is 0 Å². The molecule has 124 valence electrons. The van der Waals surface area contributed by atoms with Crippen LogP contribution in [0.4, 0.5) is 0 Å². The van der Waals surface area contributed by atoms with E-state index in [1.165, 1.54) is 10.4 Å². The van der Waals surface area contributed by atoms with Crippen molar-refractivity contribution >= 4 is 17.2 Å². The minimum Gasteiger partial charge on any atom is -0.344 e. The van der Waals surface area contributed by atoms with Gasteiger partial charge in [-0.05, 0) is 31.4 Å². The van der Waals surface area contributed by atoms with Crippen LogP contribution in [-0.2, 0) is 19.5 Å². The molecular weight excluding hydrogens is 308 g/mol. The molecule has 0 radical (unpaired) electrons. The van der Waals surface area contributed by atoms with Crippen molar-refractivity contribution in [1.29, 1.82) is 0 Å². The summed E-state index contributed by atoms with van der Waals surface area (Å²) in [7, 11) is 3.62. The number of hydrogen-bond acceptors (Lipinski definition) is 4. The van der Waals surface area contributed by atoms with Gasteiger partial charge in [-0.2, -0.15) is 0 Å². The summed E-state index contributed by atoms with van der Waals surface area (Å²) in [5.41, 5.74) is 1.34. The second kappa shape index (κ2) is 6.84. The zero-order valence-corrected chi connectivity index (χ0v) is 14.9. The van der Waals surface area contributed by atoms with Crippen molar-refractivity contribution < 1.29 is 4.79 Å². The first-order chi connectivity index (χ1) is 11.0. The van der Waals surface area contributed by atoms with E-state index in [0.717, 1.165) is 49.7 Å². The lowest BCUT2D eigenvalue weighted by Gasteiger charge is -2.26. The van der Waals surface area contributed by atoms with Crippen LogP contribution in [0.15, 0.2) is 18.5 Å². The Kier molecular flexibility index (Phi) is 4.82. The van der Waals surface area contributed by atoms with Crippen molar-refractivity contribution in [2.24, 2.45) is 0 Å². The summed E-state index contributed by atoms with van der Waals surface area (Å²) in [6, 6.07) is 2.09. The molecule has 1 aliphatic rings. The monoisotopic (exact) mass is 332 g/mol. The average molecular weight is 332 g/mol. The highest BCUT2D eigenvalue weighted by Gasteiger charge is 2.21. The highest BCUT2D eigenvalue weighted by molar-refractivity contribution is 7.14. The Morgan fingerprint density at radius 2 is 2.22 bits per heavy atom. The molecule has 0 aliphatic carbocycles. The Bertz CT molecular complexity index is 689. The maximum absolute atomic E-state index is 12.1. The van der Waals surface area contributed by atoms with Gasteiger partial charge in [0.2, 0.25) is 0 Å².